The van der Waals surface area contributed by atoms with Crippen LogP contribution in [0.5, 0.6) is 0 Å². The Kier molecular flexibility index (Phi) is 5.79. The van der Waals surface area contributed by atoms with E-state index in [2.05, 4.69) is 24.0 Å². The van der Waals surface area contributed by atoms with Crippen LogP contribution in [0.15, 0.2) is 4.52 Å². The Balaban J connectivity index is 2.43. The van der Waals surface area contributed by atoms with Crippen LogP contribution in [-0.2, 0) is 10.5 Å². The molecule has 0 saturated carbocycles. The predicted molar refractivity (Wildman–Crippen MR) is 64.2 cm³/mol. The van der Waals surface area contributed by atoms with Gasteiger partial charge in [-0.1, -0.05) is 19.0 Å². The molecule has 5 nitrogen and oxygen atoms in total. The summed E-state index contributed by atoms with van der Waals surface area (Å²) < 4.78 is 10.0. The van der Waals surface area contributed by atoms with Gasteiger partial charge in [-0.05, 0) is 11.7 Å². The Morgan fingerprint density at radius 1 is 1.50 bits per heavy atom. The normalized spacial score (nSPS) is 13.3. The first kappa shape index (κ1) is 13.5. The van der Waals surface area contributed by atoms with Crippen molar-refractivity contribution in [2.24, 2.45) is 5.73 Å². The number of ether oxygens (including phenoxy) is 1. The maximum atomic E-state index is 5.87. The summed E-state index contributed by atoms with van der Waals surface area (Å²) in [6, 6.07) is -0.231. The lowest BCUT2D eigenvalue weighted by molar-refractivity contribution is 0.182. The SMILES string of the molecule is COCCC(N)c1nc(CSC(C)C)no1. The van der Waals surface area contributed by atoms with Crippen LogP contribution in [0, 0.1) is 0 Å². The molecule has 92 valence electrons. The number of methoxy groups -OCH3 is 1. The minimum atomic E-state index is -0.231. The molecular formula is C10H19N3O2S. The summed E-state index contributed by atoms with van der Waals surface area (Å²) in [7, 11) is 1.64. The van der Waals surface area contributed by atoms with Gasteiger partial charge < -0.3 is 15.0 Å². The third kappa shape index (κ3) is 4.51. The lowest BCUT2D eigenvalue weighted by atomic mass is 10.2. The minimum absolute atomic E-state index is 0.231. The van der Waals surface area contributed by atoms with Crippen molar-refractivity contribution >= 4 is 11.8 Å². The second kappa shape index (κ2) is 6.88. The molecule has 0 aliphatic carbocycles. The Labute approximate surface area is 100 Å². The highest BCUT2D eigenvalue weighted by Gasteiger charge is 2.14. The van der Waals surface area contributed by atoms with E-state index in [0.717, 1.165) is 5.75 Å². The van der Waals surface area contributed by atoms with Crippen molar-refractivity contribution in [2.45, 2.75) is 37.3 Å². The third-order valence-corrected chi connectivity index (χ3v) is 3.07. The number of thioether (sulfide) groups is 1. The van der Waals surface area contributed by atoms with E-state index < -0.39 is 0 Å². The molecule has 1 atom stereocenters. The molecule has 0 aliphatic heterocycles. The van der Waals surface area contributed by atoms with Crippen molar-refractivity contribution in [3.8, 4) is 0 Å². The maximum Gasteiger partial charge on any atom is 0.243 e. The number of nitrogens with two attached hydrogens (primary N) is 1. The van der Waals surface area contributed by atoms with Crippen LogP contribution >= 0.6 is 11.8 Å². The van der Waals surface area contributed by atoms with Gasteiger partial charge in [0.15, 0.2) is 5.82 Å². The van der Waals surface area contributed by atoms with Gasteiger partial charge in [0.25, 0.3) is 0 Å². The fourth-order valence-corrected chi connectivity index (χ4v) is 1.69. The molecule has 1 rings (SSSR count). The van der Waals surface area contributed by atoms with Crippen LogP contribution in [0.1, 0.15) is 38.0 Å². The zero-order chi connectivity index (χ0) is 12.0. The molecule has 0 spiro atoms. The quantitative estimate of drug-likeness (QED) is 0.788. The lowest BCUT2D eigenvalue weighted by Crippen LogP contribution is -2.13. The van der Waals surface area contributed by atoms with E-state index in [0.29, 0.717) is 30.0 Å². The van der Waals surface area contributed by atoms with Crippen molar-refractivity contribution < 1.29 is 9.26 Å². The third-order valence-electron chi connectivity index (χ3n) is 1.98. The predicted octanol–water partition coefficient (Wildman–Crippen LogP) is 1.75. The molecular weight excluding hydrogens is 226 g/mol. The molecule has 0 saturated heterocycles. The topological polar surface area (TPSA) is 74.2 Å². The van der Waals surface area contributed by atoms with Crippen LogP contribution in [0.3, 0.4) is 0 Å². The number of nitrogens with zero attached hydrogens (tertiary/aromatic N) is 2. The summed E-state index contributed by atoms with van der Waals surface area (Å²) in [5.41, 5.74) is 5.87. The second-order valence-corrected chi connectivity index (χ2v) is 5.36. The van der Waals surface area contributed by atoms with Gasteiger partial charge in [-0.25, -0.2) is 0 Å². The Morgan fingerprint density at radius 3 is 2.88 bits per heavy atom. The summed E-state index contributed by atoms with van der Waals surface area (Å²) in [6.07, 6.45) is 0.690. The first-order chi connectivity index (χ1) is 7.63. The minimum Gasteiger partial charge on any atom is -0.385 e. The molecule has 0 aliphatic rings. The molecule has 1 aromatic heterocycles. The van der Waals surface area contributed by atoms with Gasteiger partial charge in [0.1, 0.15) is 0 Å². The van der Waals surface area contributed by atoms with Crippen LogP contribution in [-0.4, -0.2) is 29.1 Å². The molecule has 16 heavy (non-hydrogen) atoms. The highest BCUT2D eigenvalue weighted by Crippen LogP contribution is 2.17. The lowest BCUT2D eigenvalue weighted by Gasteiger charge is -2.04. The van der Waals surface area contributed by atoms with Gasteiger partial charge in [0.2, 0.25) is 5.89 Å². The zero-order valence-electron chi connectivity index (χ0n) is 9.97. The van der Waals surface area contributed by atoms with Crippen molar-refractivity contribution in [1.82, 2.24) is 10.1 Å². The van der Waals surface area contributed by atoms with E-state index in [4.69, 9.17) is 15.0 Å². The van der Waals surface area contributed by atoms with Gasteiger partial charge in [0, 0.05) is 13.7 Å². The molecule has 0 bridgehead atoms. The first-order valence-electron chi connectivity index (χ1n) is 5.32. The van der Waals surface area contributed by atoms with Gasteiger partial charge in [0.05, 0.1) is 11.8 Å². The molecule has 1 aromatic rings. The zero-order valence-corrected chi connectivity index (χ0v) is 10.8. The Morgan fingerprint density at radius 2 is 2.25 bits per heavy atom. The number of aromatic nitrogens is 2. The molecule has 0 aromatic carbocycles. The van der Waals surface area contributed by atoms with E-state index in [1.54, 1.807) is 18.9 Å². The van der Waals surface area contributed by atoms with E-state index in [1.807, 2.05) is 0 Å². The Hall–Kier alpha value is -0.590. The van der Waals surface area contributed by atoms with E-state index in [1.165, 1.54) is 0 Å². The average molecular weight is 245 g/mol. The van der Waals surface area contributed by atoms with Crippen LogP contribution in [0.4, 0.5) is 0 Å². The maximum absolute atomic E-state index is 5.87. The summed E-state index contributed by atoms with van der Waals surface area (Å²) in [6.45, 7) is 4.87. The van der Waals surface area contributed by atoms with Gasteiger partial charge >= 0.3 is 0 Å². The van der Waals surface area contributed by atoms with Gasteiger partial charge in [-0.3, -0.25) is 0 Å². The van der Waals surface area contributed by atoms with Crippen molar-refractivity contribution in [3.05, 3.63) is 11.7 Å². The smallest absolute Gasteiger partial charge is 0.243 e. The molecule has 2 N–H and O–H groups in total. The van der Waals surface area contributed by atoms with Crippen LogP contribution < -0.4 is 5.73 Å². The molecule has 1 heterocycles. The van der Waals surface area contributed by atoms with Crippen LogP contribution in [0.25, 0.3) is 0 Å². The van der Waals surface area contributed by atoms with Gasteiger partial charge in [-0.2, -0.15) is 16.7 Å². The largest absolute Gasteiger partial charge is 0.385 e. The number of hydrogen-bond donors (Lipinski definition) is 1. The van der Waals surface area contributed by atoms with Gasteiger partial charge in [-0.15, -0.1) is 0 Å². The highest BCUT2D eigenvalue weighted by molar-refractivity contribution is 7.99. The van der Waals surface area contributed by atoms with E-state index in [9.17, 15) is 0 Å². The summed E-state index contributed by atoms with van der Waals surface area (Å²) in [5, 5.41) is 4.45. The first-order valence-corrected chi connectivity index (χ1v) is 6.37. The number of rotatable bonds is 7. The Bertz CT molecular complexity index is 304. The van der Waals surface area contributed by atoms with E-state index in [-0.39, 0.29) is 6.04 Å². The highest BCUT2D eigenvalue weighted by atomic mass is 32.2. The number of hydrogen-bond acceptors (Lipinski definition) is 6. The monoisotopic (exact) mass is 245 g/mol. The molecule has 0 fully saturated rings. The second-order valence-electron chi connectivity index (χ2n) is 3.80. The fraction of sp³-hybridized carbons (Fsp3) is 0.800. The summed E-state index contributed by atoms with van der Waals surface area (Å²) in [4.78, 5) is 4.26. The average Bonchev–Trinajstić information content (AvgIpc) is 2.71. The van der Waals surface area contributed by atoms with Crippen molar-refractivity contribution in [3.63, 3.8) is 0 Å². The molecule has 6 heteroatoms. The summed E-state index contributed by atoms with van der Waals surface area (Å²) >= 11 is 1.78. The molecule has 1 unspecified atom stereocenters. The summed E-state index contributed by atoms with van der Waals surface area (Å²) in [5.74, 6) is 1.97. The van der Waals surface area contributed by atoms with Crippen molar-refractivity contribution in [1.29, 1.82) is 0 Å². The van der Waals surface area contributed by atoms with E-state index >= 15 is 0 Å². The van der Waals surface area contributed by atoms with Crippen LogP contribution in [0.2, 0.25) is 0 Å². The van der Waals surface area contributed by atoms with Crippen molar-refractivity contribution in [2.75, 3.05) is 13.7 Å². The molecule has 0 amide bonds. The fourth-order valence-electron chi connectivity index (χ4n) is 1.09. The standard InChI is InChI=1S/C10H19N3O2S/c1-7(2)16-6-9-12-10(15-13-9)8(11)4-5-14-3/h7-8H,4-6,11H2,1-3H3. The molecule has 0 radical (unpaired) electrons.